The van der Waals surface area contributed by atoms with Crippen LogP contribution in [0.4, 0.5) is 8.78 Å². The molecule has 0 radical (unpaired) electrons. The first-order valence-corrected chi connectivity index (χ1v) is 8.36. The van der Waals surface area contributed by atoms with Crippen LogP contribution in [0.2, 0.25) is 0 Å². The van der Waals surface area contributed by atoms with Crippen molar-refractivity contribution in [2.45, 2.75) is 38.1 Å². The average molecular weight is 364 g/mol. The van der Waals surface area contributed by atoms with Gasteiger partial charge in [0, 0.05) is 24.9 Å². The fraction of sp³-hybridized carbons (Fsp3) is 0.389. The highest BCUT2D eigenvalue weighted by Gasteiger charge is 2.33. The Kier molecular flexibility index (Phi) is 5.29. The Morgan fingerprint density at radius 2 is 2.12 bits per heavy atom. The highest BCUT2D eigenvalue weighted by Crippen LogP contribution is 2.26. The first-order chi connectivity index (χ1) is 12.4. The van der Waals surface area contributed by atoms with Gasteiger partial charge in [-0.25, -0.2) is 13.8 Å². The maximum absolute atomic E-state index is 13.7. The molecule has 8 heteroatoms. The van der Waals surface area contributed by atoms with Crippen molar-refractivity contribution in [2.75, 3.05) is 0 Å². The molecule has 2 atom stereocenters. The first kappa shape index (κ1) is 18.0. The van der Waals surface area contributed by atoms with Gasteiger partial charge in [0.15, 0.2) is 11.7 Å². The van der Waals surface area contributed by atoms with E-state index in [1.54, 1.807) is 0 Å². The van der Waals surface area contributed by atoms with E-state index in [0.717, 1.165) is 18.6 Å². The van der Waals surface area contributed by atoms with Crippen LogP contribution in [0.25, 0.3) is 11.3 Å². The van der Waals surface area contributed by atoms with Crippen molar-refractivity contribution in [3.63, 3.8) is 0 Å². The number of nitrogens with zero attached hydrogens (tertiary/aromatic N) is 1. The maximum atomic E-state index is 13.7. The molecular weight excluding hydrogens is 346 g/mol. The van der Waals surface area contributed by atoms with Crippen molar-refractivity contribution in [3.8, 4) is 11.3 Å². The summed E-state index contributed by atoms with van der Waals surface area (Å²) in [5.41, 5.74) is 0.0878. The number of nitrogens with one attached hydrogen (secondary N) is 1. The number of carboxylic acid groups (broad SMARTS) is 1. The second-order valence-electron chi connectivity index (χ2n) is 6.29. The van der Waals surface area contributed by atoms with E-state index in [2.05, 4.69) is 10.3 Å². The molecule has 0 bridgehead atoms. The molecule has 138 valence electrons. The van der Waals surface area contributed by atoms with E-state index in [4.69, 9.17) is 9.52 Å². The molecule has 0 aliphatic heterocycles. The number of oxazole rings is 1. The summed E-state index contributed by atoms with van der Waals surface area (Å²) >= 11 is 0. The highest BCUT2D eigenvalue weighted by atomic mass is 19.1. The molecular formula is C18H18F2N2O4. The van der Waals surface area contributed by atoms with Gasteiger partial charge in [-0.1, -0.05) is 6.42 Å². The predicted molar refractivity (Wildman–Crippen MR) is 87.1 cm³/mol. The van der Waals surface area contributed by atoms with Gasteiger partial charge in [-0.3, -0.25) is 9.59 Å². The summed E-state index contributed by atoms with van der Waals surface area (Å²) in [6, 6.07) is 2.78. The van der Waals surface area contributed by atoms with Crippen LogP contribution in [0.3, 0.4) is 0 Å². The number of aromatic nitrogens is 1. The molecule has 2 N–H and O–H groups in total. The number of rotatable bonds is 6. The second-order valence-corrected chi connectivity index (χ2v) is 6.29. The van der Waals surface area contributed by atoms with E-state index >= 15 is 0 Å². The van der Waals surface area contributed by atoms with Gasteiger partial charge >= 0.3 is 5.97 Å². The van der Waals surface area contributed by atoms with Crippen molar-refractivity contribution in [1.82, 2.24) is 10.3 Å². The first-order valence-electron chi connectivity index (χ1n) is 8.36. The van der Waals surface area contributed by atoms with E-state index in [0.29, 0.717) is 12.8 Å². The Bertz CT molecular complexity index is 821. The molecule has 6 nitrogen and oxygen atoms in total. The molecule has 0 saturated heterocycles. The van der Waals surface area contributed by atoms with Crippen LogP contribution in [-0.2, 0) is 16.0 Å². The zero-order valence-corrected chi connectivity index (χ0v) is 13.9. The summed E-state index contributed by atoms with van der Waals surface area (Å²) in [5, 5.41) is 11.9. The Morgan fingerprint density at radius 3 is 2.85 bits per heavy atom. The number of hydrogen-bond donors (Lipinski definition) is 2. The lowest BCUT2D eigenvalue weighted by Gasteiger charge is -2.17. The quantitative estimate of drug-likeness (QED) is 0.822. The van der Waals surface area contributed by atoms with Gasteiger partial charge in [0.1, 0.15) is 11.6 Å². The summed E-state index contributed by atoms with van der Waals surface area (Å²) in [4.78, 5) is 27.2. The van der Waals surface area contributed by atoms with Crippen LogP contribution < -0.4 is 5.32 Å². The van der Waals surface area contributed by atoms with Crippen LogP contribution in [0, 0.1) is 17.6 Å². The molecule has 1 aliphatic rings. The number of carboxylic acids is 1. The Morgan fingerprint density at radius 1 is 1.31 bits per heavy atom. The van der Waals surface area contributed by atoms with E-state index in [9.17, 15) is 18.4 Å². The molecule has 1 saturated carbocycles. The van der Waals surface area contributed by atoms with E-state index in [-0.39, 0.29) is 42.0 Å². The molecule has 3 rings (SSSR count). The Balaban J connectivity index is 1.56. The predicted octanol–water partition coefficient (Wildman–Crippen LogP) is 2.92. The smallest absolute Gasteiger partial charge is 0.308 e. The summed E-state index contributed by atoms with van der Waals surface area (Å²) in [5.74, 6) is -2.77. The molecule has 1 aromatic carbocycles. The lowest BCUT2D eigenvalue weighted by Crippen LogP contribution is -2.40. The van der Waals surface area contributed by atoms with Crippen molar-refractivity contribution in [3.05, 3.63) is 41.9 Å². The summed E-state index contributed by atoms with van der Waals surface area (Å²) in [6.45, 7) is 0. The van der Waals surface area contributed by atoms with E-state index in [1.165, 1.54) is 12.3 Å². The minimum atomic E-state index is -0.897. The largest absolute Gasteiger partial charge is 0.481 e. The van der Waals surface area contributed by atoms with Crippen LogP contribution in [0.1, 0.15) is 31.6 Å². The molecule has 1 heterocycles. The number of hydrogen-bond acceptors (Lipinski definition) is 4. The van der Waals surface area contributed by atoms with Crippen LogP contribution >= 0.6 is 0 Å². The molecule has 1 fully saturated rings. The Labute approximate surface area is 148 Å². The number of aryl methyl sites for hydroxylation is 1. The van der Waals surface area contributed by atoms with Crippen molar-refractivity contribution in [1.29, 1.82) is 0 Å². The van der Waals surface area contributed by atoms with Gasteiger partial charge in [-0.15, -0.1) is 0 Å². The van der Waals surface area contributed by atoms with E-state index < -0.39 is 23.5 Å². The lowest BCUT2D eigenvalue weighted by atomic mass is 10.0. The van der Waals surface area contributed by atoms with Gasteiger partial charge in [-0.2, -0.15) is 0 Å². The summed E-state index contributed by atoms with van der Waals surface area (Å²) < 4.78 is 32.1. The molecule has 1 aliphatic carbocycles. The second kappa shape index (κ2) is 7.63. The van der Waals surface area contributed by atoms with Gasteiger partial charge in [-0.05, 0) is 25.0 Å². The van der Waals surface area contributed by atoms with Gasteiger partial charge < -0.3 is 14.8 Å². The Hall–Kier alpha value is -2.77. The minimum Gasteiger partial charge on any atom is -0.481 e. The molecule has 26 heavy (non-hydrogen) atoms. The third kappa shape index (κ3) is 4.07. The molecule has 1 aromatic heterocycles. The standard InChI is InChI=1S/C18H18F2N2O4/c19-10-4-5-11(13(20)8-10)15-9-21-17(26-15)7-6-16(23)22-14-3-1-2-12(14)18(24)25/h4-5,8-9,12,14H,1-3,6-7H2,(H,22,23)(H,24,25)/t12-,14+/m1/s1. The molecule has 0 unspecified atom stereocenters. The average Bonchev–Trinajstić information content (AvgIpc) is 3.22. The fourth-order valence-corrected chi connectivity index (χ4v) is 3.17. The third-order valence-corrected chi connectivity index (χ3v) is 4.50. The van der Waals surface area contributed by atoms with Gasteiger partial charge in [0.25, 0.3) is 0 Å². The van der Waals surface area contributed by atoms with Crippen molar-refractivity contribution >= 4 is 11.9 Å². The molecule has 0 spiro atoms. The van der Waals surface area contributed by atoms with Crippen LogP contribution in [0.5, 0.6) is 0 Å². The van der Waals surface area contributed by atoms with Gasteiger partial charge in [0.05, 0.1) is 17.7 Å². The minimum absolute atomic E-state index is 0.0781. The topological polar surface area (TPSA) is 92.4 Å². The van der Waals surface area contributed by atoms with Crippen LogP contribution in [0.15, 0.2) is 28.8 Å². The number of benzene rings is 1. The number of carbonyl (C=O) groups is 2. The van der Waals surface area contributed by atoms with Crippen molar-refractivity contribution in [2.24, 2.45) is 5.92 Å². The zero-order valence-electron chi connectivity index (χ0n) is 13.9. The third-order valence-electron chi connectivity index (χ3n) is 4.50. The van der Waals surface area contributed by atoms with Crippen LogP contribution in [-0.4, -0.2) is 28.0 Å². The normalized spacial score (nSPS) is 19.5. The maximum Gasteiger partial charge on any atom is 0.308 e. The van der Waals surface area contributed by atoms with Gasteiger partial charge in [0.2, 0.25) is 5.91 Å². The fourth-order valence-electron chi connectivity index (χ4n) is 3.17. The summed E-state index contributed by atoms with van der Waals surface area (Å²) in [6.07, 6.45) is 3.57. The summed E-state index contributed by atoms with van der Waals surface area (Å²) in [7, 11) is 0. The zero-order chi connectivity index (χ0) is 18.7. The molecule has 1 amide bonds. The number of aliphatic carboxylic acids is 1. The number of carbonyl (C=O) groups excluding carboxylic acids is 1. The number of amides is 1. The highest BCUT2D eigenvalue weighted by molar-refractivity contribution is 5.78. The number of halogens is 2. The SMILES string of the molecule is O=C(CCc1ncc(-c2ccc(F)cc2F)o1)N[C@H]1CCC[C@H]1C(=O)O. The monoisotopic (exact) mass is 364 g/mol. The van der Waals surface area contributed by atoms with E-state index in [1.807, 2.05) is 0 Å². The molecule has 2 aromatic rings. The van der Waals surface area contributed by atoms with Crippen molar-refractivity contribution < 1.29 is 27.9 Å². The lowest BCUT2D eigenvalue weighted by molar-refractivity contribution is -0.142.